The van der Waals surface area contributed by atoms with Crippen LogP contribution in [0.4, 0.5) is 0 Å². The van der Waals surface area contributed by atoms with Crippen LogP contribution in [0.3, 0.4) is 0 Å². The maximum atomic E-state index is 5.50. The Morgan fingerprint density at radius 3 is 2.00 bits per heavy atom. The number of hydrogen-bond donors (Lipinski definition) is 0. The number of quaternary nitrogens is 1. The number of ether oxygens (including phenoxy) is 1. The summed E-state index contributed by atoms with van der Waals surface area (Å²) in [6, 6.07) is 0. The molecule has 0 bridgehead atoms. The van der Waals surface area contributed by atoms with Gasteiger partial charge in [0.25, 0.3) is 0 Å². The first-order valence-corrected chi connectivity index (χ1v) is 8.88. The van der Waals surface area contributed by atoms with Crippen LogP contribution in [-0.4, -0.2) is 43.4 Å². The first kappa shape index (κ1) is 17.7. The molecule has 1 aliphatic heterocycles. The number of rotatable bonds is 13. The summed E-state index contributed by atoms with van der Waals surface area (Å²) in [5.41, 5.74) is 0. The fraction of sp³-hybridized carbons (Fsp3) is 0.889. The van der Waals surface area contributed by atoms with Gasteiger partial charge in [-0.3, -0.25) is 0 Å². The molecule has 0 amide bonds. The normalized spacial score (nSPS) is 18.9. The average Bonchev–Trinajstić information content (AvgIpc) is 3.22. The Kier molecular flexibility index (Phi) is 9.21. The van der Waals surface area contributed by atoms with E-state index in [4.69, 9.17) is 4.74 Å². The van der Waals surface area contributed by atoms with E-state index in [9.17, 15) is 0 Å². The topological polar surface area (TPSA) is 12.5 Å². The molecular formula is C18H36NO+. The van der Waals surface area contributed by atoms with Gasteiger partial charge in [-0.25, -0.2) is 0 Å². The molecule has 1 aliphatic rings. The molecule has 0 saturated carbocycles. The van der Waals surface area contributed by atoms with Crippen LogP contribution in [-0.2, 0) is 4.74 Å². The van der Waals surface area contributed by atoms with Crippen molar-refractivity contribution >= 4 is 0 Å². The molecule has 0 aromatic rings. The Balaban J connectivity index is 2.32. The lowest BCUT2D eigenvalue weighted by atomic mass is 10.1. The molecule has 1 fully saturated rings. The van der Waals surface area contributed by atoms with Crippen molar-refractivity contribution in [2.75, 3.05) is 32.8 Å². The summed E-state index contributed by atoms with van der Waals surface area (Å²) in [6.07, 6.45) is 14.4. The lowest BCUT2D eigenvalue weighted by Gasteiger charge is -2.38. The molecule has 1 saturated heterocycles. The van der Waals surface area contributed by atoms with Crippen LogP contribution < -0.4 is 0 Å². The van der Waals surface area contributed by atoms with Gasteiger partial charge in [0, 0.05) is 6.42 Å². The van der Waals surface area contributed by atoms with Crippen LogP contribution in [0.25, 0.3) is 0 Å². The van der Waals surface area contributed by atoms with Gasteiger partial charge in [-0.2, -0.15) is 0 Å². The Bertz CT molecular complexity index is 252. The second kappa shape index (κ2) is 10.4. The maximum absolute atomic E-state index is 5.50. The summed E-state index contributed by atoms with van der Waals surface area (Å²) >= 11 is 0. The molecular weight excluding hydrogens is 246 g/mol. The average molecular weight is 282 g/mol. The predicted molar refractivity (Wildman–Crippen MR) is 87.9 cm³/mol. The van der Waals surface area contributed by atoms with Crippen molar-refractivity contribution in [3.05, 3.63) is 12.2 Å². The Labute approximate surface area is 126 Å². The molecule has 0 radical (unpaired) electrons. The SMILES string of the molecule is CCCC/C=C/CCC[N+](CCC)(CCC)CC1CO1. The van der Waals surface area contributed by atoms with E-state index in [1.165, 1.54) is 75.6 Å². The summed E-state index contributed by atoms with van der Waals surface area (Å²) in [7, 11) is 0. The van der Waals surface area contributed by atoms with Gasteiger partial charge < -0.3 is 9.22 Å². The van der Waals surface area contributed by atoms with Gasteiger partial charge in [-0.05, 0) is 25.7 Å². The first-order chi connectivity index (χ1) is 9.76. The van der Waals surface area contributed by atoms with Gasteiger partial charge in [0.05, 0.1) is 26.2 Å². The lowest BCUT2D eigenvalue weighted by molar-refractivity contribution is -0.928. The van der Waals surface area contributed by atoms with Crippen LogP contribution in [0.1, 0.15) is 65.7 Å². The van der Waals surface area contributed by atoms with E-state index in [1.54, 1.807) is 0 Å². The molecule has 118 valence electrons. The minimum Gasteiger partial charge on any atom is -0.367 e. The quantitative estimate of drug-likeness (QED) is 0.209. The van der Waals surface area contributed by atoms with Crippen LogP contribution >= 0.6 is 0 Å². The molecule has 2 nitrogen and oxygen atoms in total. The Morgan fingerprint density at radius 1 is 0.900 bits per heavy atom. The van der Waals surface area contributed by atoms with E-state index in [2.05, 4.69) is 32.9 Å². The highest BCUT2D eigenvalue weighted by molar-refractivity contribution is 4.81. The van der Waals surface area contributed by atoms with Crippen molar-refractivity contribution in [1.82, 2.24) is 0 Å². The molecule has 1 atom stereocenters. The molecule has 0 spiro atoms. The molecule has 1 heterocycles. The van der Waals surface area contributed by atoms with Crippen LogP contribution in [0, 0.1) is 0 Å². The third-order valence-corrected chi connectivity index (χ3v) is 4.28. The van der Waals surface area contributed by atoms with E-state index < -0.39 is 0 Å². The molecule has 20 heavy (non-hydrogen) atoms. The first-order valence-electron chi connectivity index (χ1n) is 8.88. The van der Waals surface area contributed by atoms with Crippen molar-refractivity contribution in [2.45, 2.75) is 71.8 Å². The number of hydrogen-bond acceptors (Lipinski definition) is 1. The smallest absolute Gasteiger partial charge is 0.130 e. The summed E-state index contributed by atoms with van der Waals surface area (Å²) < 4.78 is 6.79. The highest BCUT2D eigenvalue weighted by Gasteiger charge is 2.35. The Morgan fingerprint density at radius 2 is 1.50 bits per heavy atom. The number of nitrogens with zero attached hydrogens (tertiary/aromatic N) is 1. The molecule has 0 aromatic heterocycles. The fourth-order valence-corrected chi connectivity index (χ4v) is 3.27. The van der Waals surface area contributed by atoms with E-state index in [0.29, 0.717) is 6.10 Å². The lowest BCUT2D eigenvalue weighted by Crippen LogP contribution is -2.52. The van der Waals surface area contributed by atoms with Crippen LogP contribution in [0.15, 0.2) is 12.2 Å². The van der Waals surface area contributed by atoms with Gasteiger partial charge in [0.2, 0.25) is 0 Å². The second-order valence-electron chi connectivity index (χ2n) is 6.41. The van der Waals surface area contributed by atoms with Crippen LogP contribution in [0.5, 0.6) is 0 Å². The molecule has 0 N–H and O–H groups in total. The van der Waals surface area contributed by atoms with Crippen LogP contribution in [0.2, 0.25) is 0 Å². The maximum Gasteiger partial charge on any atom is 0.130 e. The van der Waals surface area contributed by atoms with E-state index in [1.807, 2.05) is 0 Å². The highest BCUT2D eigenvalue weighted by atomic mass is 16.6. The summed E-state index contributed by atoms with van der Waals surface area (Å²) in [4.78, 5) is 0. The predicted octanol–water partition coefficient (Wildman–Crippen LogP) is 4.55. The van der Waals surface area contributed by atoms with Crippen molar-refractivity contribution in [3.8, 4) is 0 Å². The zero-order valence-corrected chi connectivity index (χ0v) is 14.1. The van der Waals surface area contributed by atoms with E-state index in [-0.39, 0.29) is 0 Å². The van der Waals surface area contributed by atoms with Crippen molar-refractivity contribution in [2.24, 2.45) is 0 Å². The number of unbranched alkanes of at least 4 members (excludes halogenated alkanes) is 3. The minimum atomic E-state index is 0.563. The monoisotopic (exact) mass is 282 g/mol. The van der Waals surface area contributed by atoms with Gasteiger partial charge in [0.15, 0.2) is 0 Å². The molecule has 1 rings (SSSR count). The fourth-order valence-electron chi connectivity index (χ4n) is 3.27. The zero-order chi connectivity index (χ0) is 14.7. The Hall–Kier alpha value is -0.340. The van der Waals surface area contributed by atoms with Crippen molar-refractivity contribution in [1.29, 1.82) is 0 Å². The molecule has 0 aliphatic carbocycles. The van der Waals surface area contributed by atoms with Gasteiger partial charge in [-0.1, -0.05) is 45.8 Å². The summed E-state index contributed by atoms with van der Waals surface area (Å²) in [5, 5.41) is 0. The van der Waals surface area contributed by atoms with E-state index >= 15 is 0 Å². The van der Waals surface area contributed by atoms with E-state index in [0.717, 1.165) is 6.61 Å². The highest BCUT2D eigenvalue weighted by Crippen LogP contribution is 2.20. The largest absolute Gasteiger partial charge is 0.367 e. The van der Waals surface area contributed by atoms with Gasteiger partial charge in [0.1, 0.15) is 12.6 Å². The van der Waals surface area contributed by atoms with Crippen molar-refractivity contribution in [3.63, 3.8) is 0 Å². The summed E-state index contributed by atoms with van der Waals surface area (Å²) in [5.74, 6) is 0. The summed E-state index contributed by atoms with van der Waals surface area (Å²) in [6.45, 7) is 13.1. The standard InChI is InChI=1S/C18H36NO/c1-4-7-8-9-10-11-12-15-19(13-5-2,14-6-3)16-18-17-20-18/h9-10,18H,4-8,11-17H2,1-3H3/q+1/b10-9+. The third kappa shape index (κ3) is 7.44. The number of allylic oxidation sites excluding steroid dienone is 2. The second-order valence-corrected chi connectivity index (χ2v) is 6.41. The number of epoxide rings is 1. The molecule has 2 heteroatoms. The van der Waals surface area contributed by atoms with Gasteiger partial charge >= 0.3 is 0 Å². The third-order valence-electron chi connectivity index (χ3n) is 4.28. The zero-order valence-electron chi connectivity index (χ0n) is 14.1. The molecule has 1 unspecified atom stereocenters. The minimum absolute atomic E-state index is 0.563. The molecule has 0 aromatic carbocycles. The van der Waals surface area contributed by atoms with Gasteiger partial charge in [-0.15, -0.1) is 0 Å². The van der Waals surface area contributed by atoms with Crippen molar-refractivity contribution < 1.29 is 9.22 Å².